The van der Waals surface area contributed by atoms with Gasteiger partial charge in [-0.05, 0) is 24.3 Å². The summed E-state index contributed by atoms with van der Waals surface area (Å²) < 4.78 is 4.95. The van der Waals surface area contributed by atoms with E-state index in [9.17, 15) is 9.59 Å². The second-order valence-electron chi connectivity index (χ2n) is 4.37. The highest BCUT2D eigenvalue weighted by atomic mass is 16.5. The summed E-state index contributed by atoms with van der Waals surface area (Å²) in [6.07, 6.45) is -0.559. The second kappa shape index (κ2) is 8.31. The number of anilines is 2. The third-order valence-electron chi connectivity index (χ3n) is 2.67. The molecule has 0 radical (unpaired) electrons. The Morgan fingerprint density at radius 1 is 0.818 bits per heavy atom. The van der Waals surface area contributed by atoms with Crippen LogP contribution in [0.25, 0.3) is 0 Å². The smallest absolute Gasteiger partial charge is 0.411 e. The molecule has 0 aliphatic carbocycles. The van der Waals surface area contributed by atoms with Crippen molar-refractivity contribution in [2.45, 2.75) is 0 Å². The first kappa shape index (κ1) is 15.4. The van der Waals surface area contributed by atoms with Gasteiger partial charge in [0.2, 0.25) is 0 Å². The average Bonchev–Trinajstić information content (AvgIpc) is 2.53. The van der Waals surface area contributed by atoms with Gasteiger partial charge in [0.1, 0.15) is 6.61 Å². The Hall–Kier alpha value is -3.02. The second-order valence-corrected chi connectivity index (χ2v) is 4.37. The standard InChI is InChI=1S/C16H17N3O3/c20-15(18-13-7-3-1-4-8-13)17-11-12-22-16(21)19-14-9-5-2-6-10-14/h1-10H,11-12H2,(H,19,21)(H2,17,18,20). The molecule has 0 aromatic heterocycles. The number of hydrogen-bond donors (Lipinski definition) is 3. The van der Waals surface area contributed by atoms with Gasteiger partial charge < -0.3 is 15.4 Å². The van der Waals surface area contributed by atoms with Gasteiger partial charge in [-0.3, -0.25) is 5.32 Å². The van der Waals surface area contributed by atoms with E-state index >= 15 is 0 Å². The number of urea groups is 1. The molecular weight excluding hydrogens is 282 g/mol. The van der Waals surface area contributed by atoms with Crippen LogP contribution in [0, 0.1) is 0 Å². The van der Waals surface area contributed by atoms with E-state index in [1.54, 1.807) is 24.3 Å². The molecule has 2 rings (SSSR count). The molecule has 22 heavy (non-hydrogen) atoms. The van der Waals surface area contributed by atoms with E-state index in [-0.39, 0.29) is 19.2 Å². The minimum Gasteiger partial charge on any atom is -0.447 e. The highest BCUT2D eigenvalue weighted by molar-refractivity contribution is 5.89. The topological polar surface area (TPSA) is 79.5 Å². The van der Waals surface area contributed by atoms with Crippen LogP contribution in [0.5, 0.6) is 0 Å². The summed E-state index contributed by atoms with van der Waals surface area (Å²) >= 11 is 0. The van der Waals surface area contributed by atoms with Crippen LogP contribution in [0.2, 0.25) is 0 Å². The lowest BCUT2D eigenvalue weighted by atomic mass is 10.3. The van der Waals surface area contributed by atoms with E-state index in [0.717, 1.165) is 0 Å². The van der Waals surface area contributed by atoms with Crippen molar-refractivity contribution in [3.63, 3.8) is 0 Å². The molecule has 2 aromatic carbocycles. The van der Waals surface area contributed by atoms with Crippen molar-refractivity contribution in [3.05, 3.63) is 60.7 Å². The van der Waals surface area contributed by atoms with Gasteiger partial charge in [-0.1, -0.05) is 36.4 Å². The SMILES string of the molecule is O=C(NCCOC(=O)Nc1ccccc1)Nc1ccccc1. The summed E-state index contributed by atoms with van der Waals surface area (Å²) in [5.74, 6) is 0. The number of carbonyl (C=O) groups is 2. The van der Waals surface area contributed by atoms with Crippen LogP contribution < -0.4 is 16.0 Å². The zero-order chi connectivity index (χ0) is 15.6. The monoisotopic (exact) mass is 299 g/mol. The molecule has 2 aromatic rings. The van der Waals surface area contributed by atoms with Crippen molar-refractivity contribution < 1.29 is 14.3 Å². The Labute approximate surface area is 128 Å². The van der Waals surface area contributed by atoms with Crippen LogP contribution in [0.1, 0.15) is 0 Å². The summed E-state index contributed by atoms with van der Waals surface area (Å²) in [5, 5.41) is 7.84. The highest BCUT2D eigenvalue weighted by Gasteiger charge is 2.04. The molecule has 3 amide bonds. The fourth-order valence-electron chi connectivity index (χ4n) is 1.68. The Balaban J connectivity index is 1.60. The van der Waals surface area contributed by atoms with Gasteiger partial charge in [0.25, 0.3) is 0 Å². The lowest BCUT2D eigenvalue weighted by Gasteiger charge is -2.09. The van der Waals surface area contributed by atoms with Crippen LogP contribution in [0.15, 0.2) is 60.7 Å². The largest absolute Gasteiger partial charge is 0.447 e. The molecular formula is C16H17N3O3. The molecule has 0 saturated carbocycles. The molecule has 0 bridgehead atoms. The summed E-state index contributed by atoms with van der Waals surface area (Å²) in [6, 6.07) is 17.7. The molecule has 0 unspecified atom stereocenters. The molecule has 6 nitrogen and oxygen atoms in total. The van der Waals surface area contributed by atoms with Crippen LogP contribution in [-0.4, -0.2) is 25.3 Å². The van der Waals surface area contributed by atoms with Gasteiger partial charge in [-0.15, -0.1) is 0 Å². The highest BCUT2D eigenvalue weighted by Crippen LogP contribution is 2.05. The normalized spacial score (nSPS) is 9.64. The number of para-hydroxylation sites is 2. The summed E-state index contributed by atoms with van der Waals surface area (Å²) in [6.45, 7) is 0.307. The van der Waals surface area contributed by atoms with Gasteiger partial charge in [-0.2, -0.15) is 0 Å². The molecule has 6 heteroatoms. The minimum absolute atomic E-state index is 0.0842. The van der Waals surface area contributed by atoms with Gasteiger partial charge in [0.15, 0.2) is 0 Å². The maximum Gasteiger partial charge on any atom is 0.411 e. The first-order valence-corrected chi connectivity index (χ1v) is 6.83. The Morgan fingerprint density at radius 3 is 1.95 bits per heavy atom. The van der Waals surface area contributed by atoms with Gasteiger partial charge >= 0.3 is 12.1 Å². The molecule has 0 saturated heterocycles. The summed E-state index contributed by atoms with van der Waals surface area (Å²) in [4.78, 5) is 23.1. The zero-order valence-corrected chi connectivity index (χ0v) is 11.9. The molecule has 0 heterocycles. The van der Waals surface area contributed by atoms with Gasteiger partial charge in [0.05, 0.1) is 6.54 Å². The number of ether oxygens (including phenoxy) is 1. The Bertz CT molecular complexity index is 547. The summed E-state index contributed by atoms with van der Waals surface area (Å²) in [7, 11) is 0. The van der Waals surface area contributed by atoms with Crippen LogP contribution in [-0.2, 0) is 4.74 Å². The van der Waals surface area contributed by atoms with Crippen LogP contribution in [0.3, 0.4) is 0 Å². The molecule has 0 atom stereocenters. The number of nitrogens with one attached hydrogen (secondary N) is 3. The van der Waals surface area contributed by atoms with Crippen LogP contribution in [0.4, 0.5) is 21.0 Å². The fraction of sp³-hybridized carbons (Fsp3) is 0.125. The van der Waals surface area contributed by atoms with E-state index in [2.05, 4.69) is 16.0 Å². The summed E-state index contributed by atoms with van der Waals surface area (Å²) in [5.41, 5.74) is 1.35. The third kappa shape index (κ3) is 5.54. The van der Waals surface area contributed by atoms with E-state index in [1.807, 2.05) is 36.4 Å². The molecule has 3 N–H and O–H groups in total. The molecule has 0 fully saturated rings. The lowest BCUT2D eigenvalue weighted by molar-refractivity contribution is 0.162. The minimum atomic E-state index is -0.559. The van der Waals surface area contributed by atoms with Crippen molar-refractivity contribution in [1.82, 2.24) is 5.32 Å². The lowest BCUT2D eigenvalue weighted by Crippen LogP contribution is -2.32. The third-order valence-corrected chi connectivity index (χ3v) is 2.67. The van der Waals surface area contributed by atoms with E-state index in [1.165, 1.54) is 0 Å². The van der Waals surface area contributed by atoms with Crippen molar-refractivity contribution >= 4 is 23.5 Å². The number of amides is 3. The van der Waals surface area contributed by atoms with E-state index in [0.29, 0.717) is 11.4 Å². The molecule has 0 aliphatic heterocycles. The predicted molar refractivity (Wildman–Crippen MR) is 84.9 cm³/mol. The first-order chi connectivity index (χ1) is 10.7. The first-order valence-electron chi connectivity index (χ1n) is 6.83. The van der Waals surface area contributed by atoms with Crippen molar-refractivity contribution in [1.29, 1.82) is 0 Å². The van der Waals surface area contributed by atoms with E-state index < -0.39 is 6.09 Å². The Morgan fingerprint density at radius 2 is 1.36 bits per heavy atom. The number of hydrogen-bond acceptors (Lipinski definition) is 3. The quantitative estimate of drug-likeness (QED) is 0.742. The number of carbonyl (C=O) groups excluding carboxylic acids is 2. The maximum absolute atomic E-state index is 11.6. The fourth-order valence-corrected chi connectivity index (χ4v) is 1.68. The van der Waals surface area contributed by atoms with Gasteiger partial charge in [-0.25, -0.2) is 9.59 Å². The number of benzene rings is 2. The number of rotatable bonds is 5. The molecule has 0 aliphatic rings. The predicted octanol–water partition coefficient (Wildman–Crippen LogP) is 3.06. The van der Waals surface area contributed by atoms with Crippen molar-refractivity contribution in [2.75, 3.05) is 23.8 Å². The molecule has 114 valence electrons. The van der Waals surface area contributed by atoms with Crippen LogP contribution >= 0.6 is 0 Å². The van der Waals surface area contributed by atoms with Gasteiger partial charge in [0, 0.05) is 11.4 Å². The maximum atomic E-state index is 11.6. The average molecular weight is 299 g/mol. The van der Waals surface area contributed by atoms with Crippen molar-refractivity contribution in [3.8, 4) is 0 Å². The molecule has 0 spiro atoms. The Kier molecular flexibility index (Phi) is 5.80. The van der Waals surface area contributed by atoms with E-state index in [4.69, 9.17) is 4.74 Å². The van der Waals surface area contributed by atoms with Crippen molar-refractivity contribution in [2.24, 2.45) is 0 Å². The zero-order valence-electron chi connectivity index (χ0n) is 11.9.